The first-order valence-corrected chi connectivity index (χ1v) is 4.29. The van der Waals surface area contributed by atoms with Crippen LogP contribution < -0.4 is 5.56 Å². The van der Waals surface area contributed by atoms with E-state index in [4.69, 9.17) is 4.11 Å². The van der Waals surface area contributed by atoms with E-state index in [0.717, 1.165) is 4.57 Å². The smallest absolute Gasteiger partial charge is 0.255 e. The average molecular weight is 188 g/mol. The van der Waals surface area contributed by atoms with Crippen molar-refractivity contribution in [3.05, 3.63) is 64.5 Å². The summed E-state index contributed by atoms with van der Waals surface area (Å²) in [5, 5.41) is 0. The summed E-state index contributed by atoms with van der Waals surface area (Å²) in [6, 6.07) is 8.17. The minimum Gasteiger partial charge on any atom is -0.284 e. The fourth-order valence-electron chi connectivity index (χ4n) is 1.21. The zero-order valence-electron chi connectivity index (χ0n) is 10.7. The Bertz CT molecular complexity index is 620. The Morgan fingerprint density at radius 1 is 1.21 bits per heavy atom. The minimum absolute atomic E-state index is 0.0396. The van der Waals surface area contributed by atoms with Crippen molar-refractivity contribution in [1.29, 1.82) is 0 Å². The van der Waals surface area contributed by atoms with Crippen LogP contribution in [0.5, 0.6) is 0 Å². The largest absolute Gasteiger partial charge is 0.284 e. The summed E-state index contributed by atoms with van der Waals surface area (Å²) in [6.07, 6.45) is -0.0396. The molecule has 0 radical (unpaired) electrons. The number of hydrogen-bond acceptors (Lipinski definition) is 1. The van der Waals surface area contributed by atoms with Crippen molar-refractivity contribution in [3.8, 4) is 5.69 Å². The predicted octanol–water partition coefficient (Wildman–Crippen LogP) is 2.15. The quantitative estimate of drug-likeness (QED) is 0.672. The van der Waals surface area contributed by atoms with Crippen LogP contribution in [0.4, 0.5) is 0 Å². The van der Waals surface area contributed by atoms with Gasteiger partial charge in [0.05, 0.1) is 4.11 Å². The van der Waals surface area contributed by atoms with Gasteiger partial charge in [-0.15, -0.1) is 0 Å². The third-order valence-corrected chi connectivity index (χ3v) is 1.85. The molecule has 14 heavy (non-hydrogen) atoms. The van der Waals surface area contributed by atoms with E-state index in [2.05, 4.69) is 0 Å². The molecule has 0 saturated heterocycles. The van der Waals surface area contributed by atoms with Crippen molar-refractivity contribution in [3.63, 3.8) is 0 Å². The Balaban J connectivity index is 2.85. The lowest BCUT2D eigenvalue weighted by Crippen LogP contribution is -2.16. The van der Waals surface area contributed by atoms with Crippen LogP contribution in [0, 0.1) is 6.92 Å². The highest BCUT2D eigenvalue weighted by Crippen LogP contribution is 2.04. The van der Waals surface area contributed by atoms with E-state index >= 15 is 0 Å². The monoisotopic (exact) mass is 188 g/mol. The molecule has 0 saturated carbocycles. The first kappa shape index (κ1) is 5.81. The number of benzene rings is 1. The Labute approximate surface area is 86.7 Å². The maximum Gasteiger partial charge on any atom is 0.255 e. The molecule has 2 heteroatoms. The van der Waals surface area contributed by atoms with Crippen LogP contribution in [0.2, 0.25) is 0 Å². The maximum atomic E-state index is 11.9. The molecule has 0 unspecified atom stereocenters. The number of hydrogen-bond donors (Lipinski definition) is 0. The molecule has 1 aromatic carbocycles. The van der Waals surface area contributed by atoms with E-state index in [0.29, 0.717) is 11.3 Å². The molecule has 0 atom stereocenters. The predicted molar refractivity (Wildman–Crippen MR) is 56.8 cm³/mol. The summed E-state index contributed by atoms with van der Waals surface area (Å²) in [7, 11) is 0. The van der Waals surface area contributed by atoms with E-state index < -0.39 is 5.56 Å². The third-order valence-electron chi connectivity index (χ3n) is 1.85. The van der Waals surface area contributed by atoms with Gasteiger partial charge in [-0.25, -0.2) is 0 Å². The maximum absolute atomic E-state index is 11.9. The van der Waals surface area contributed by atoms with Crippen LogP contribution in [0.15, 0.2) is 53.4 Å². The van der Waals surface area contributed by atoms with Gasteiger partial charge in [0.25, 0.3) is 5.56 Å². The normalized spacial score (nSPS) is 13.1. The molecule has 0 aliphatic heterocycles. The van der Waals surface area contributed by atoms with Crippen molar-refractivity contribution >= 4 is 0 Å². The Morgan fingerprint density at radius 3 is 2.64 bits per heavy atom. The van der Waals surface area contributed by atoms with E-state index in [-0.39, 0.29) is 18.3 Å². The second-order valence-electron chi connectivity index (χ2n) is 2.96. The fourth-order valence-corrected chi connectivity index (χ4v) is 1.21. The molecule has 0 aliphatic carbocycles. The zero-order valence-corrected chi connectivity index (χ0v) is 7.74. The topological polar surface area (TPSA) is 22.0 Å². The second-order valence-corrected chi connectivity index (χ2v) is 2.96. The molecule has 2 aromatic rings. The molecular weight excluding hydrogens is 174 g/mol. The molecule has 70 valence electrons. The van der Waals surface area contributed by atoms with Crippen molar-refractivity contribution in [2.24, 2.45) is 0 Å². The lowest BCUT2D eigenvalue weighted by atomic mass is 10.3. The van der Waals surface area contributed by atoms with Crippen molar-refractivity contribution in [2.75, 3.05) is 0 Å². The summed E-state index contributed by atoms with van der Waals surface area (Å²) in [5.41, 5.74) is 0.245. The molecule has 0 bridgehead atoms. The van der Waals surface area contributed by atoms with Gasteiger partial charge in [-0.3, -0.25) is 9.36 Å². The lowest BCUT2D eigenvalue weighted by molar-refractivity contribution is 0.976. The third kappa shape index (κ3) is 1.59. The van der Waals surface area contributed by atoms with E-state index in [1.165, 1.54) is 0 Å². The lowest BCUT2D eigenvalue weighted by Gasteiger charge is -2.05. The highest BCUT2D eigenvalue weighted by molar-refractivity contribution is 5.32. The van der Waals surface area contributed by atoms with Crippen molar-refractivity contribution in [2.45, 2.75) is 6.92 Å². The first-order valence-electron chi connectivity index (χ1n) is 5.79. The molecule has 0 spiro atoms. The number of nitrogens with zero attached hydrogens (tertiary/aromatic N) is 1. The van der Waals surface area contributed by atoms with Crippen LogP contribution in [0.3, 0.4) is 0 Å². The molecule has 2 nitrogen and oxygen atoms in total. The fraction of sp³-hybridized carbons (Fsp3) is 0.0833. The standard InChI is InChI=1S/C12H11NO/c1-10-7-8-12(14)13(9-10)11-5-3-2-4-6-11/h2-9H,1H3/i7D,8D,9D. The van der Waals surface area contributed by atoms with E-state index in [1.54, 1.807) is 31.2 Å². The first-order chi connectivity index (χ1) is 8.04. The van der Waals surface area contributed by atoms with Gasteiger partial charge < -0.3 is 0 Å². The van der Waals surface area contributed by atoms with Crippen LogP contribution in [-0.4, -0.2) is 4.57 Å². The van der Waals surface area contributed by atoms with Crippen LogP contribution in [0.1, 0.15) is 9.68 Å². The van der Waals surface area contributed by atoms with Gasteiger partial charge in [0, 0.05) is 17.9 Å². The summed E-state index contributed by atoms with van der Waals surface area (Å²) < 4.78 is 24.2. The highest BCUT2D eigenvalue weighted by Gasteiger charge is 1.97. The van der Waals surface area contributed by atoms with Gasteiger partial charge in [0.2, 0.25) is 0 Å². The number of rotatable bonds is 1. The van der Waals surface area contributed by atoms with Crippen LogP contribution in [0.25, 0.3) is 5.69 Å². The Morgan fingerprint density at radius 2 is 1.93 bits per heavy atom. The minimum atomic E-state index is -0.628. The summed E-state index contributed by atoms with van der Waals surface area (Å²) >= 11 is 0. The van der Waals surface area contributed by atoms with Gasteiger partial charge in [0.15, 0.2) is 0 Å². The summed E-state index contributed by atoms with van der Waals surface area (Å²) in [5.74, 6) is 0. The second kappa shape index (κ2) is 3.50. The number of pyridine rings is 1. The Kier molecular flexibility index (Phi) is 1.45. The van der Waals surface area contributed by atoms with Gasteiger partial charge in [-0.2, -0.15) is 0 Å². The van der Waals surface area contributed by atoms with Gasteiger partial charge in [-0.1, -0.05) is 24.2 Å². The molecule has 0 N–H and O–H groups in total. The van der Waals surface area contributed by atoms with Gasteiger partial charge in [-0.05, 0) is 24.6 Å². The van der Waals surface area contributed by atoms with Gasteiger partial charge in [0.1, 0.15) is 0 Å². The summed E-state index contributed by atoms with van der Waals surface area (Å²) in [6.45, 7) is 1.57. The molecule has 0 aliphatic rings. The van der Waals surface area contributed by atoms with E-state index in [9.17, 15) is 4.79 Å². The summed E-state index contributed by atoms with van der Waals surface area (Å²) in [4.78, 5) is 11.9. The van der Waals surface area contributed by atoms with Crippen molar-refractivity contribution in [1.82, 2.24) is 4.57 Å². The van der Waals surface area contributed by atoms with Crippen LogP contribution >= 0.6 is 0 Å². The van der Waals surface area contributed by atoms with Crippen LogP contribution in [-0.2, 0) is 0 Å². The Hall–Kier alpha value is -1.83. The highest BCUT2D eigenvalue weighted by atomic mass is 16.1. The molecule has 1 heterocycles. The average Bonchev–Trinajstić information content (AvgIpc) is 2.36. The number of aromatic nitrogens is 1. The SMILES string of the molecule is [2H]c1c(C)c([2H])n(-c2ccccc2)c(=O)c1[2H]. The van der Waals surface area contributed by atoms with E-state index in [1.807, 2.05) is 6.07 Å². The molecule has 0 amide bonds. The molecule has 1 aromatic heterocycles. The number of para-hydroxylation sites is 1. The molecular formula is C12H11NO. The van der Waals surface area contributed by atoms with Gasteiger partial charge >= 0.3 is 0 Å². The molecule has 2 rings (SSSR count). The van der Waals surface area contributed by atoms with Crippen molar-refractivity contribution < 1.29 is 4.11 Å². The molecule has 0 fully saturated rings. The zero-order chi connectivity index (χ0) is 12.6.